The highest BCUT2D eigenvalue weighted by Gasteiger charge is 2.30. The lowest BCUT2D eigenvalue weighted by Gasteiger charge is -2.40. The molecule has 2 heterocycles. The van der Waals surface area contributed by atoms with Gasteiger partial charge in [0.25, 0.3) is 0 Å². The minimum absolute atomic E-state index is 0.137. The van der Waals surface area contributed by atoms with Gasteiger partial charge in [-0.3, -0.25) is 9.58 Å². The van der Waals surface area contributed by atoms with E-state index in [0.29, 0.717) is 19.2 Å². The first-order valence-electron chi connectivity index (χ1n) is 8.88. The van der Waals surface area contributed by atoms with E-state index in [2.05, 4.69) is 34.3 Å². The molecule has 128 valence electrons. The number of aliphatic hydroxyl groups excluding tert-OH is 1. The van der Waals surface area contributed by atoms with E-state index < -0.39 is 6.10 Å². The number of aromatic nitrogens is 2. The van der Waals surface area contributed by atoms with Crippen molar-refractivity contribution in [2.75, 3.05) is 26.2 Å². The molecule has 2 aromatic rings. The van der Waals surface area contributed by atoms with Crippen LogP contribution in [0.4, 0.5) is 0 Å². The SMILES string of the molecule is O[C@H](CO[C@@H]1CCCc2ccccc21)CN1CC(n2cccn2)C1. The maximum atomic E-state index is 10.3. The number of hydrogen-bond donors (Lipinski definition) is 1. The van der Waals surface area contributed by atoms with Crippen LogP contribution in [0, 0.1) is 0 Å². The van der Waals surface area contributed by atoms with Crippen LogP contribution in [0.5, 0.6) is 0 Å². The average Bonchev–Trinajstić information content (AvgIpc) is 3.09. The lowest BCUT2D eigenvalue weighted by molar-refractivity contribution is -0.0409. The first-order chi connectivity index (χ1) is 11.8. The van der Waals surface area contributed by atoms with Crippen molar-refractivity contribution in [3.63, 3.8) is 0 Å². The second-order valence-corrected chi connectivity index (χ2v) is 6.93. The van der Waals surface area contributed by atoms with Gasteiger partial charge in [0.2, 0.25) is 0 Å². The van der Waals surface area contributed by atoms with Crippen molar-refractivity contribution in [2.45, 2.75) is 37.5 Å². The van der Waals surface area contributed by atoms with Gasteiger partial charge in [0.05, 0.1) is 24.9 Å². The molecule has 2 aliphatic rings. The van der Waals surface area contributed by atoms with E-state index in [-0.39, 0.29) is 6.10 Å². The normalized spacial score (nSPS) is 22.8. The van der Waals surface area contributed by atoms with Crippen LogP contribution in [0.3, 0.4) is 0 Å². The molecule has 0 unspecified atom stereocenters. The molecule has 4 rings (SSSR count). The predicted molar refractivity (Wildman–Crippen MR) is 91.8 cm³/mol. The Morgan fingerprint density at radius 2 is 2.12 bits per heavy atom. The van der Waals surface area contributed by atoms with Gasteiger partial charge < -0.3 is 9.84 Å². The van der Waals surface area contributed by atoms with Crippen LogP contribution < -0.4 is 0 Å². The Morgan fingerprint density at radius 3 is 2.96 bits per heavy atom. The maximum absolute atomic E-state index is 10.3. The molecule has 2 atom stereocenters. The fraction of sp³-hybridized carbons (Fsp3) is 0.526. The number of aryl methyl sites for hydroxylation is 1. The molecular formula is C19H25N3O2. The number of rotatable bonds is 6. The molecule has 0 spiro atoms. The van der Waals surface area contributed by atoms with Gasteiger partial charge in [-0.1, -0.05) is 24.3 Å². The van der Waals surface area contributed by atoms with E-state index in [4.69, 9.17) is 4.74 Å². The van der Waals surface area contributed by atoms with Gasteiger partial charge in [-0.05, 0) is 36.5 Å². The molecular weight excluding hydrogens is 302 g/mol. The van der Waals surface area contributed by atoms with E-state index in [9.17, 15) is 5.11 Å². The molecule has 24 heavy (non-hydrogen) atoms. The van der Waals surface area contributed by atoms with Gasteiger partial charge in [-0.2, -0.15) is 5.10 Å². The topological polar surface area (TPSA) is 50.5 Å². The zero-order chi connectivity index (χ0) is 16.4. The number of hydrogen-bond acceptors (Lipinski definition) is 4. The Bertz CT molecular complexity index is 652. The number of benzene rings is 1. The molecule has 5 nitrogen and oxygen atoms in total. The molecule has 5 heteroatoms. The molecule has 1 aromatic heterocycles. The van der Waals surface area contributed by atoms with Crippen LogP contribution in [0.15, 0.2) is 42.7 Å². The van der Waals surface area contributed by atoms with Crippen molar-refractivity contribution in [3.05, 3.63) is 53.9 Å². The molecule has 0 saturated carbocycles. The second kappa shape index (κ2) is 7.05. The molecule has 1 fully saturated rings. The van der Waals surface area contributed by atoms with Crippen molar-refractivity contribution in [1.82, 2.24) is 14.7 Å². The highest BCUT2D eigenvalue weighted by Crippen LogP contribution is 2.32. The molecule has 1 N–H and O–H groups in total. The fourth-order valence-corrected chi connectivity index (χ4v) is 3.82. The van der Waals surface area contributed by atoms with Gasteiger partial charge in [-0.25, -0.2) is 0 Å². The standard InChI is InChI=1S/C19H25N3O2/c23-17(13-21-11-16(12-21)22-10-4-9-20-22)14-24-19-8-3-6-15-5-1-2-7-18(15)19/h1-2,4-5,7,9-10,16-17,19,23H,3,6,8,11-14H2/t17-,19+/m0/s1. The zero-order valence-corrected chi connectivity index (χ0v) is 13.9. The summed E-state index contributed by atoms with van der Waals surface area (Å²) >= 11 is 0. The summed E-state index contributed by atoms with van der Waals surface area (Å²) in [5, 5.41) is 14.6. The third-order valence-electron chi connectivity index (χ3n) is 5.11. The van der Waals surface area contributed by atoms with Crippen LogP contribution in [0.2, 0.25) is 0 Å². The Hall–Kier alpha value is -1.69. The zero-order valence-electron chi connectivity index (χ0n) is 13.9. The van der Waals surface area contributed by atoms with Crippen LogP contribution in [-0.4, -0.2) is 52.1 Å². The van der Waals surface area contributed by atoms with E-state index in [1.165, 1.54) is 11.1 Å². The monoisotopic (exact) mass is 327 g/mol. The number of aliphatic hydroxyl groups is 1. The quantitative estimate of drug-likeness (QED) is 0.884. The lowest BCUT2D eigenvalue weighted by atomic mass is 9.89. The van der Waals surface area contributed by atoms with Crippen molar-refractivity contribution in [1.29, 1.82) is 0 Å². The molecule has 1 saturated heterocycles. The first kappa shape index (κ1) is 15.8. The van der Waals surface area contributed by atoms with Crippen molar-refractivity contribution in [3.8, 4) is 0 Å². The largest absolute Gasteiger partial charge is 0.389 e. The third kappa shape index (κ3) is 3.38. The smallest absolute Gasteiger partial charge is 0.0900 e. The first-order valence-corrected chi connectivity index (χ1v) is 8.88. The Labute approximate surface area is 142 Å². The maximum Gasteiger partial charge on any atom is 0.0900 e. The number of likely N-dealkylation sites (tertiary alicyclic amines) is 1. The lowest BCUT2D eigenvalue weighted by Crippen LogP contribution is -2.51. The van der Waals surface area contributed by atoms with E-state index in [1.807, 2.05) is 23.1 Å². The van der Waals surface area contributed by atoms with Gasteiger partial charge >= 0.3 is 0 Å². The van der Waals surface area contributed by atoms with Gasteiger partial charge in [0.15, 0.2) is 0 Å². The fourth-order valence-electron chi connectivity index (χ4n) is 3.82. The minimum atomic E-state index is -0.433. The van der Waals surface area contributed by atoms with Crippen LogP contribution in [0.25, 0.3) is 0 Å². The number of ether oxygens (including phenoxy) is 1. The molecule has 1 aliphatic carbocycles. The molecule has 1 aliphatic heterocycles. The number of β-amino-alcohol motifs (C(OH)–C–C–N with tert-alkyl or cyclic N) is 1. The summed E-state index contributed by atoms with van der Waals surface area (Å²) in [5.41, 5.74) is 2.70. The van der Waals surface area contributed by atoms with E-state index in [0.717, 1.165) is 32.4 Å². The summed E-state index contributed by atoms with van der Waals surface area (Å²) in [6.07, 6.45) is 6.87. The highest BCUT2D eigenvalue weighted by atomic mass is 16.5. The second-order valence-electron chi connectivity index (χ2n) is 6.93. The highest BCUT2D eigenvalue weighted by molar-refractivity contribution is 5.31. The van der Waals surface area contributed by atoms with Gasteiger partial charge in [0, 0.05) is 32.0 Å². The van der Waals surface area contributed by atoms with E-state index in [1.54, 1.807) is 0 Å². The van der Waals surface area contributed by atoms with E-state index >= 15 is 0 Å². The average molecular weight is 327 g/mol. The summed E-state index contributed by atoms with van der Waals surface area (Å²) in [6, 6.07) is 10.9. The summed E-state index contributed by atoms with van der Waals surface area (Å²) in [6.45, 7) is 2.98. The van der Waals surface area contributed by atoms with Gasteiger partial charge in [-0.15, -0.1) is 0 Å². The molecule has 0 amide bonds. The summed E-state index contributed by atoms with van der Waals surface area (Å²) in [7, 11) is 0. The third-order valence-corrected chi connectivity index (χ3v) is 5.11. The Kier molecular flexibility index (Phi) is 4.65. The van der Waals surface area contributed by atoms with Gasteiger partial charge in [0.1, 0.15) is 0 Å². The van der Waals surface area contributed by atoms with Crippen LogP contribution >= 0.6 is 0 Å². The Balaban J connectivity index is 1.23. The number of fused-ring (bicyclic) bond motifs is 1. The van der Waals surface area contributed by atoms with Crippen molar-refractivity contribution < 1.29 is 9.84 Å². The summed E-state index contributed by atoms with van der Waals surface area (Å²) in [4.78, 5) is 2.26. The van der Waals surface area contributed by atoms with Crippen molar-refractivity contribution >= 4 is 0 Å². The van der Waals surface area contributed by atoms with Crippen molar-refractivity contribution in [2.24, 2.45) is 0 Å². The molecule has 0 bridgehead atoms. The minimum Gasteiger partial charge on any atom is -0.389 e. The van der Waals surface area contributed by atoms with Crippen LogP contribution in [-0.2, 0) is 11.2 Å². The van der Waals surface area contributed by atoms with Crippen LogP contribution in [0.1, 0.15) is 36.1 Å². The summed E-state index contributed by atoms with van der Waals surface area (Å²) in [5.74, 6) is 0. The molecule has 0 radical (unpaired) electrons. The summed E-state index contributed by atoms with van der Waals surface area (Å²) < 4.78 is 8.04. The predicted octanol–water partition coefficient (Wildman–Crippen LogP) is 2.19. The number of nitrogens with zero attached hydrogens (tertiary/aromatic N) is 3. The Morgan fingerprint density at radius 1 is 1.25 bits per heavy atom. The molecule has 1 aromatic carbocycles.